The quantitative estimate of drug-likeness (QED) is 0.704. The molecule has 0 spiro atoms. The van der Waals surface area contributed by atoms with Crippen LogP contribution in [-0.4, -0.2) is 26.6 Å². The SMILES string of the molecule is Cc1cc2c(=O)[nH]c(CSCC(=O)NCc3ccncc3)nc2s1. The van der Waals surface area contributed by atoms with E-state index in [0.717, 1.165) is 15.3 Å². The van der Waals surface area contributed by atoms with Crippen molar-refractivity contribution in [3.63, 3.8) is 0 Å². The minimum Gasteiger partial charge on any atom is -0.351 e. The van der Waals surface area contributed by atoms with Crippen LogP contribution in [0.4, 0.5) is 0 Å². The third-order valence-electron chi connectivity index (χ3n) is 3.29. The lowest BCUT2D eigenvalue weighted by Gasteiger charge is -2.05. The first-order valence-corrected chi connectivity index (χ1v) is 9.31. The molecule has 0 saturated carbocycles. The number of carbonyl (C=O) groups is 1. The van der Waals surface area contributed by atoms with Gasteiger partial charge >= 0.3 is 0 Å². The van der Waals surface area contributed by atoms with Crippen molar-refractivity contribution >= 4 is 39.2 Å². The Bertz CT molecular complexity index is 905. The van der Waals surface area contributed by atoms with Crippen molar-refractivity contribution < 1.29 is 4.79 Å². The molecule has 1 amide bonds. The highest BCUT2D eigenvalue weighted by Crippen LogP contribution is 2.20. The van der Waals surface area contributed by atoms with Gasteiger partial charge in [0.25, 0.3) is 5.56 Å². The first-order chi connectivity index (χ1) is 11.6. The molecule has 6 nitrogen and oxygen atoms in total. The summed E-state index contributed by atoms with van der Waals surface area (Å²) in [5, 5.41) is 3.48. The lowest BCUT2D eigenvalue weighted by atomic mass is 10.3. The number of H-pyrrole nitrogens is 1. The minimum atomic E-state index is -0.123. The largest absolute Gasteiger partial charge is 0.351 e. The molecule has 0 aliphatic carbocycles. The van der Waals surface area contributed by atoms with Crippen molar-refractivity contribution in [1.29, 1.82) is 0 Å². The zero-order valence-electron chi connectivity index (χ0n) is 13.0. The Morgan fingerprint density at radius 3 is 2.96 bits per heavy atom. The van der Waals surface area contributed by atoms with Crippen LogP contribution in [0.15, 0.2) is 35.4 Å². The second-order valence-corrected chi connectivity index (χ2v) is 7.43. The molecule has 3 aromatic rings. The number of aromatic nitrogens is 3. The number of rotatable bonds is 6. The van der Waals surface area contributed by atoms with Crippen LogP contribution >= 0.6 is 23.1 Å². The van der Waals surface area contributed by atoms with Crippen LogP contribution in [0.2, 0.25) is 0 Å². The van der Waals surface area contributed by atoms with Crippen molar-refractivity contribution in [3.8, 4) is 0 Å². The summed E-state index contributed by atoms with van der Waals surface area (Å²) < 4.78 is 0. The van der Waals surface area contributed by atoms with Gasteiger partial charge in [0.15, 0.2) is 0 Å². The molecule has 8 heteroatoms. The predicted octanol–water partition coefficient (Wildman–Crippen LogP) is 2.24. The number of fused-ring (bicyclic) bond motifs is 1. The molecule has 24 heavy (non-hydrogen) atoms. The zero-order valence-corrected chi connectivity index (χ0v) is 14.7. The topological polar surface area (TPSA) is 87.7 Å². The Hall–Kier alpha value is -2.19. The Morgan fingerprint density at radius 1 is 1.38 bits per heavy atom. The van der Waals surface area contributed by atoms with Gasteiger partial charge in [0.05, 0.1) is 16.9 Å². The van der Waals surface area contributed by atoms with E-state index in [2.05, 4.69) is 20.3 Å². The summed E-state index contributed by atoms with van der Waals surface area (Å²) in [6.45, 7) is 2.44. The van der Waals surface area contributed by atoms with Crippen molar-refractivity contribution in [2.45, 2.75) is 19.2 Å². The van der Waals surface area contributed by atoms with E-state index in [1.807, 2.05) is 25.1 Å². The van der Waals surface area contributed by atoms with E-state index in [0.29, 0.717) is 29.3 Å². The van der Waals surface area contributed by atoms with Gasteiger partial charge in [-0.1, -0.05) is 0 Å². The smallest absolute Gasteiger partial charge is 0.259 e. The van der Waals surface area contributed by atoms with Gasteiger partial charge in [-0.3, -0.25) is 14.6 Å². The van der Waals surface area contributed by atoms with Gasteiger partial charge in [0.2, 0.25) is 5.91 Å². The Kier molecular flexibility index (Phi) is 5.27. The molecule has 0 saturated heterocycles. The van der Waals surface area contributed by atoms with Crippen LogP contribution in [0.25, 0.3) is 10.2 Å². The summed E-state index contributed by atoms with van der Waals surface area (Å²) in [6, 6.07) is 5.57. The van der Waals surface area contributed by atoms with E-state index in [-0.39, 0.29) is 11.5 Å². The molecule has 124 valence electrons. The summed E-state index contributed by atoms with van der Waals surface area (Å²) in [4.78, 5) is 36.8. The van der Waals surface area contributed by atoms with Gasteiger partial charge in [0, 0.05) is 23.8 Å². The average Bonchev–Trinajstić information content (AvgIpc) is 2.95. The first-order valence-electron chi connectivity index (χ1n) is 7.34. The maximum atomic E-state index is 12.0. The van der Waals surface area contributed by atoms with Crippen LogP contribution in [0.5, 0.6) is 0 Å². The van der Waals surface area contributed by atoms with Crippen molar-refractivity contribution in [1.82, 2.24) is 20.3 Å². The number of nitrogens with one attached hydrogen (secondary N) is 2. The molecule has 3 aromatic heterocycles. The number of thiophene rings is 1. The molecular formula is C16H16N4O2S2. The number of hydrogen-bond donors (Lipinski definition) is 2. The van der Waals surface area contributed by atoms with E-state index >= 15 is 0 Å². The first kappa shape index (κ1) is 16.7. The summed E-state index contributed by atoms with van der Waals surface area (Å²) in [5.74, 6) is 1.36. The molecule has 3 rings (SSSR count). The maximum absolute atomic E-state index is 12.0. The molecule has 0 aromatic carbocycles. The van der Waals surface area contributed by atoms with Gasteiger partial charge in [-0.25, -0.2) is 4.98 Å². The molecule has 0 aliphatic heterocycles. The van der Waals surface area contributed by atoms with Crippen LogP contribution < -0.4 is 10.9 Å². The Balaban J connectivity index is 1.51. The molecule has 0 unspecified atom stereocenters. The summed E-state index contributed by atoms with van der Waals surface area (Å²) >= 11 is 2.92. The number of carbonyl (C=O) groups excluding carboxylic acids is 1. The molecule has 0 bridgehead atoms. The number of hydrogen-bond acceptors (Lipinski definition) is 6. The zero-order chi connectivity index (χ0) is 16.9. The molecule has 0 atom stereocenters. The second kappa shape index (κ2) is 7.59. The fourth-order valence-corrected chi connectivity index (χ4v) is 3.78. The van der Waals surface area contributed by atoms with E-state index < -0.39 is 0 Å². The number of aromatic amines is 1. The molecule has 0 radical (unpaired) electrons. The average molecular weight is 360 g/mol. The third-order valence-corrected chi connectivity index (χ3v) is 5.17. The monoisotopic (exact) mass is 360 g/mol. The van der Waals surface area contributed by atoms with Crippen molar-refractivity contribution in [2.24, 2.45) is 0 Å². The summed E-state index contributed by atoms with van der Waals surface area (Å²) in [6.07, 6.45) is 3.39. The standard InChI is InChI=1S/C16H16N4O2S2/c1-10-6-12-15(22)19-13(20-16(12)24-10)8-23-9-14(21)18-7-11-2-4-17-5-3-11/h2-6H,7-9H2,1H3,(H,18,21)(H,19,20,22). The van der Waals surface area contributed by atoms with Gasteiger partial charge < -0.3 is 10.3 Å². The number of thioether (sulfide) groups is 1. The van der Waals surface area contributed by atoms with Crippen LogP contribution in [-0.2, 0) is 17.1 Å². The maximum Gasteiger partial charge on any atom is 0.259 e. The lowest BCUT2D eigenvalue weighted by molar-refractivity contribution is -0.118. The van der Waals surface area contributed by atoms with Crippen LogP contribution in [0, 0.1) is 6.92 Å². The molecule has 0 fully saturated rings. The van der Waals surface area contributed by atoms with E-state index in [1.165, 1.54) is 23.1 Å². The summed E-state index contributed by atoms with van der Waals surface area (Å²) in [5.41, 5.74) is 0.884. The fraction of sp³-hybridized carbons (Fsp3) is 0.250. The molecule has 0 aliphatic rings. The number of nitrogens with zero attached hydrogens (tertiary/aromatic N) is 2. The second-order valence-electron chi connectivity index (χ2n) is 5.21. The normalized spacial score (nSPS) is 10.9. The van der Waals surface area contributed by atoms with Gasteiger partial charge in [-0.05, 0) is 30.7 Å². The number of pyridine rings is 1. The van der Waals surface area contributed by atoms with Gasteiger partial charge in [-0.2, -0.15) is 0 Å². The van der Waals surface area contributed by atoms with Crippen LogP contribution in [0.1, 0.15) is 16.3 Å². The summed E-state index contributed by atoms with van der Waals surface area (Å²) in [7, 11) is 0. The Labute approximate surface area is 146 Å². The van der Waals surface area contributed by atoms with Crippen LogP contribution in [0.3, 0.4) is 0 Å². The highest BCUT2D eigenvalue weighted by molar-refractivity contribution is 7.99. The predicted molar refractivity (Wildman–Crippen MR) is 97.2 cm³/mol. The molecular weight excluding hydrogens is 344 g/mol. The fourth-order valence-electron chi connectivity index (χ4n) is 2.16. The Morgan fingerprint density at radius 2 is 2.17 bits per heavy atom. The van der Waals surface area contributed by atoms with E-state index in [9.17, 15) is 9.59 Å². The molecule has 3 heterocycles. The third kappa shape index (κ3) is 4.21. The highest BCUT2D eigenvalue weighted by Gasteiger charge is 2.08. The number of aryl methyl sites for hydroxylation is 1. The lowest BCUT2D eigenvalue weighted by Crippen LogP contribution is -2.24. The van der Waals surface area contributed by atoms with Gasteiger partial charge in [0.1, 0.15) is 10.7 Å². The van der Waals surface area contributed by atoms with E-state index in [4.69, 9.17) is 0 Å². The number of amides is 1. The van der Waals surface area contributed by atoms with Crippen molar-refractivity contribution in [3.05, 3.63) is 57.2 Å². The highest BCUT2D eigenvalue weighted by atomic mass is 32.2. The van der Waals surface area contributed by atoms with Crippen molar-refractivity contribution in [2.75, 3.05) is 5.75 Å². The minimum absolute atomic E-state index is 0.0489. The molecule has 2 N–H and O–H groups in total. The van der Waals surface area contributed by atoms with Gasteiger partial charge in [-0.15, -0.1) is 23.1 Å². The van der Waals surface area contributed by atoms with E-state index in [1.54, 1.807) is 12.4 Å².